The number of nitro benzene ring substituents is 1. The Morgan fingerprint density at radius 3 is 2.91 bits per heavy atom. The molecule has 2 atom stereocenters. The van der Waals surface area contributed by atoms with Crippen molar-refractivity contribution in [3.63, 3.8) is 0 Å². The van der Waals surface area contributed by atoms with Gasteiger partial charge in [-0.1, -0.05) is 6.42 Å². The molecule has 1 N–H and O–H groups in total. The SMILES string of the molecule is N#Cc1ccc(N2C[C@@H]3CCC[C@@]3(C(=O)O)C2)cc1[N+](=O)[O-]. The molecule has 0 bridgehead atoms. The van der Waals surface area contributed by atoms with Crippen molar-refractivity contribution < 1.29 is 14.8 Å². The maximum absolute atomic E-state index is 11.7. The highest BCUT2D eigenvalue weighted by molar-refractivity contribution is 5.78. The molecule has 114 valence electrons. The molecule has 3 rings (SSSR count). The molecule has 0 unspecified atom stereocenters. The molecule has 7 heteroatoms. The van der Waals surface area contributed by atoms with Gasteiger partial charge < -0.3 is 10.0 Å². The molecule has 1 aromatic carbocycles. The van der Waals surface area contributed by atoms with E-state index in [4.69, 9.17) is 5.26 Å². The fourth-order valence-electron chi connectivity index (χ4n) is 3.80. The fraction of sp³-hybridized carbons (Fsp3) is 0.467. The van der Waals surface area contributed by atoms with Crippen molar-refractivity contribution in [2.24, 2.45) is 11.3 Å². The Balaban J connectivity index is 1.94. The standard InChI is InChI=1S/C15H15N3O4/c16-7-10-3-4-12(6-13(10)18(21)22)17-8-11-2-1-5-15(11,9-17)14(19)20/h3-4,6,11H,1-2,5,8-9H2,(H,19,20)/t11-,15+/m0/s1. The smallest absolute Gasteiger partial charge is 0.311 e. The maximum Gasteiger partial charge on any atom is 0.311 e. The summed E-state index contributed by atoms with van der Waals surface area (Å²) >= 11 is 0. The zero-order chi connectivity index (χ0) is 15.9. The number of nitro groups is 1. The Hall–Kier alpha value is -2.62. The monoisotopic (exact) mass is 301 g/mol. The number of carbonyl (C=O) groups is 1. The summed E-state index contributed by atoms with van der Waals surface area (Å²) in [5, 5.41) is 29.6. The van der Waals surface area contributed by atoms with Crippen molar-refractivity contribution >= 4 is 17.3 Å². The number of nitriles is 1. The van der Waals surface area contributed by atoms with Crippen LogP contribution in [0, 0.1) is 32.8 Å². The van der Waals surface area contributed by atoms with Gasteiger partial charge in [0, 0.05) is 24.8 Å². The lowest BCUT2D eigenvalue weighted by molar-refractivity contribution is -0.385. The third-order valence-electron chi connectivity index (χ3n) is 4.96. The van der Waals surface area contributed by atoms with E-state index in [-0.39, 0.29) is 17.2 Å². The van der Waals surface area contributed by atoms with Crippen LogP contribution in [0.4, 0.5) is 11.4 Å². The van der Waals surface area contributed by atoms with Gasteiger partial charge in [-0.05, 0) is 30.9 Å². The van der Waals surface area contributed by atoms with Gasteiger partial charge in [0.15, 0.2) is 0 Å². The predicted octanol–water partition coefficient (Wildman–Crippen LogP) is 2.16. The molecule has 1 saturated heterocycles. The van der Waals surface area contributed by atoms with Gasteiger partial charge in [-0.3, -0.25) is 14.9 Å². The number of hydrogen-bond donors (Lipinski definition) is 1. The number of benzene rings is 1. The lowest BCUT2D eigenvalue weighted by Crippen LogP contribution is -2.35. The highest BCUT2D eigenvalue weighted by Gasteiger charge is 2.54. The van der Waals surface area contributed by atoms with Crippen molar-refractivity contribution in [3.8, 4) is 6.07 Å². The zero-order valence-corrected chi connectivity index (χ0v) is 11.9. The molecule has 22 heavy (non-hydrogen) atoms. The topological polar surface area (TPSA) is 107 Å². The molecule has 1 heterocycles. The molecule has 1 aliphatic heterocycles. The van der Waals surface area contributed by atoms with Gasteiger partial charge in [-0.25, -0.2) is 0 Å². The average molecular weight is 301 g/mol. The van der Waals surface area contributed by atoms with Crippen LogP contribution < -0.4 is 4.90 Å². The van der Waals surface area contributed by atoms with E-state index >= 15 is 0 Å². The first-order valence-electron chi connectivity index (χ1n) is 7.15. The van der Waals surface area contributed by atoms with E-state index in [9.17, 15) is 20.0 Å². The van der Waals surface area contributed by atoms with Crippen molar-refractivity contribution in [3.05, 3.63) is 33.9 Å². The first-order valence-corrected chi connectivity index (χ1v) is 7.15. The third kappa shape index (κ3) is 1.99. The van der Waals surface area contributed by atoms with E-state index in [0.29, 0.717) is 25.2 Å². The molecule has 7 nitrogen and oxygen atoms in total. The molecule has 2 fully saturated rings. The number of carboxylic acids is 1. The third-order valence-corrected chi connectivity index (χ3v) is 4.96. The second-order valence-corrected chi connectivity index (χ2v) is 6.00. The normalized spacial score (nSPS) is 26.5. The van der Waals surface area contributed by atoms with E-state index in [2.05, 4.69) is 0 Å². The number of carboxylic acid groups (broad SMARTS) is 1. The Kier molecular flexibility index (Phi) is 3.24. The van der Waals surface area contributed by atoms with Crippen LogP contribution in [0.5, 0.6) is 0 Å². The molecule has 0 radical (unpaired) electrons. The Labute approximate surface area is 126 Å². The summed E-state index contributed by atoms with van der Waals surface area (Å²) in [7, 11) is 0. The number of hydrogen-bond acceptors (Lipinski definition) is 5. The van der Waals surface area contributed by atoms with Gasteiger partial charge in [0.2, 0.25) is 0 Å². The molecule has 2 aliphatic rings. The molecule has 0 spiro atoms. The van der Waals surface area contributed by atoms with Crippen LogP contribution in [0.3, 0.4) is 0 Å². The predicted molar refractivity (Wildman–Crippen MR) is 77.4 cm³/mol. The summed E-state index contributed by atoms with van der Waals surface area (Å²) in [4.78, 5) is 24.1. The van der Waals surface area contributed by atoms with Crippen LogP contribution in [0.1, 0.15) is 24.8 Å². The molecule has 1 aromatic rings. The number of fused-ring (bicyclic) bond motifs is 1. The van der Waals surface area contributed by atoms with Gasteiger partial charge >= 0.3 is 5.97 Å². The fourth-order valence-corrected chi connectivity index (χ4v) is 3.80. The molecular formula is C15H15N3O4. The summed E-state index contributed by atoms with van der Waals surface area (Å²) in [6.45, 7) is 0.964. The van der Waals surface area contributed by atoms with E-state index in [1.807, 2.05) is 4.90 Å². The summed E-state index contributed by atoms with van der Waals surface area (Å²) in [6.07, 6.45) is 2.45. The maximum atomic E-state index is 11.7. The van der Waals surface area contributed by atoms with Gasteiger partial charge in [0.1, 0.15) is 11.6 Å². The van der Waals surface area contributed by atoms with Crippen molar-refractivity contribution in [2.75, 3.05) is 18.0 Å². The van der Waals surface area contributed by atoms with Gasteiger partial charge in [-0.15, -0.1) is 0 Å². The highest BCUT2D eigenvalue weighted by Crippen LogP contribution is 2.50. The minimum Gasteiger partial charge on any atom is -0.481 e. The van der Waals surface area contributed by atoms with Crippen LogP contribution in [0.15, 0.2) is 18.2 Å². The van der Waals surface area contributed by atoms with E-state index < -0.39 is 16.3 Å². The van der Waals surface area contributed by atoms with Gasteiger partial charge in [0.05, 0.1) is 10.3 Å². The highest BCUT2D eigenvalue weighted by atomic mass is 16.6. The minimum atomic E-state index is -0.777. The lowest BCUT2D eigenvalue weighted by atomic mass is 9.81. The van der Waals surface area contributed by atoms with Gasteiger partial charge in [-0.2, -0.15) is 5.26 Å². The number of rotatable bonds is 3. The molecule has 1 saturated carbocycles. The summed E-state index contributed by atoms with van der Waals surface area (Å²) < 4.78 is 0. The van der Waals surface area contributed by atoms with Gasteiger partial charge in [0.25, 0.3) is 5.69 Å². The van der Waals surface area contributed by atoms with Crippen molar-refractivity contribution in [1.29, 1.82) is 5.26 Å². The first-order chi connectivity index (χ1) is 10.5. The number of aliphatic carboxylic acids is 1. The average Bonchev–Trinajstić information content (AvgIpc) is 3.04. The van der Waals surface area contributed by atoms with Crippen LogP contribution >= 0.6 is 0 Å². The second kappa shape index (κ2) is 4.98. The van der Waals surface area contributed by atoms with E-state index in [0.717, 1.165) is 12.8 Å². The van der Waals surface area contributed by atoms with Crippen LogP contribution in [-0.4, -0.2) is 29.1 Å². The van der Waals surface area contributed by atoms with Crippen LogP contribution in [-0.2, 0) is 4.79 Å². The summed E-state index contributed by atoms with van der Waals surface area (Å²) in [5.74, 6) is -0.694. The van der Waals surface area contributed by atoms with E-state index in [1.165, 1.54) is 12.1 Å². The quantitative estimate of drug-likeness (QED) is 0.677. The summed E-state index contributed by atoms with van der Waals surface area (Å²) in [6, 6.07) is 6.26. The molecule has 0 amide bonds. The molecular weight excluding hydrogens is 286 g/mol. The zero-order valence-electron chi connectivity index (χ0n) is 11.9. The largest absolute Gasteiger partial charge is 0.481 e. The van der Waals surface area contributed by atoms with Crippen molar-refractivity contribution in [1.82, 2.24) is 0 Å². The van der Waals surface area contributed by atoms with Crippen molar-refractivity contribution in [2.45, 2.75) is 19.3 Å². The first kappa shape index (κ1) is 14.3. The van der Waals surface area contributed by atoms with E-state index in [1.54, 1.807) is 12.1 Å². The Bertz CT molecular complexity index is 697. The van der Waals surface area contributed by atoms with Crippen LogP contribution in [0.2, 0.25) is 0 Å². The number of anilines is 1. The molecule has 0 aromatic heterocycles. The minimum absolute atomic E-state index is 0.0149. The lowest BCUT2D eigenvalue weighted by Gasteiger charge is -2.24. The summed E-state index contributed by atoms with van der Waals surface area (Å²) in [5.41, 5.74) is -0.342. The number of nitrogens with zero attached hydrogens (tertiary/aromatic N) is 3. The Morgan fingerprint density at radius 2 is 2.32 bits per heavy atom. The van der Waals surface area contributed by atoms with Crippen LogP contribution in [0.25, 0.3) is 0 Å². The Morgan fingerprint density at radius 1 is 1.55 bits per heavy atom. The second-order valence-electron chi connectivity index (χ2n) is 6.00. The molecule has 1 aliphatic carbocycles.